The van der Waals surface area contributed by atoms with Crippen LogP contribution in [0.15, 0.2) is 0 Å². The number of hydrogen-bond acceptors (Lipinski definition) is 1. The lowest BCUT2D eigenvalue weighted by atomic mass is 9.64. The van der Waals surface area contributed by atoms with Gasteiger partial charge in [-0.15, -0.1) is 0 Å². The molecule has 2 heteroatoms. The maximum Gasteiger partial charge on any atom is 0.519 e. The molecule has 0 radical (unpaired) electrons. The van der Waals surface area contributed by atoms with Crippen molar-refractivity contribution in [2.24, 2.45) is 17.3 Å². The molecule has 12 heavy (non-hydrogen) atoms. The molecule has 0 heterocycles. The smallest absolute Gasteiger partial charge is 0.519 e. The molecule has 0 aliphatic heterocycles. The van der Waals surface area contributed by atoms with Crippen molar-refractivity contribution in [2.45, 2.75) is 40.0 Å². The summed E-state index contributed by atoms with van der Waals surface area (Å²) in [4.78, 5) is 11.1. The second-order valence-corrected chi connectivity index (χ2v) is 4.70. The summed E-state index contributed by atoms with van der Waals surface area (Å²) in [6.07, 6.45) is 3.41. The quantitative estimate of drug-likeness (QED) is 0.553. The molecule has 1 aliphatic carbocycles. The monoisotopic (exact) mass is 171 g/mol. The zero-order valence-corrected chi connectivity index (χ0v) is 8.18. The molecule has 0 aromatic rings. The lowest BCUT2D eigenvalue weighted by molar-refractivity contribution is -0.150. The second kappa shape index (κ2) is 3.08. The van der Waals surface area contributed by atoms with Gasteiger partial charge in [-0.25, -0.2) is 0 Å². The van der Waals surface area contributed by atoms with Crippen LogP contribution in [0.4, 0.5) is 0 Å². The van der Waals surface area contributed by atoms with E-state index in [2.05, 4.69) is 20.8 Å². The minimum Gasteiger partial charge on any atom is -0.565 e. The van der Waals surface area contributed by atoms with Gasteiger partial charge in [0.2, 0.25) is 0 Å². The lowest BCUT2D eigenvalue weighted by Crippen LogP contribution is -2.39. The van der Waals surface area contributed by atoms with Gasteiger partial charge in [0, 0.05) is 4.79 Å². The van der Waals surface area contributed by atoms with Crippen molar-refractivity contribution in [3.8, 4) is 0 Å². The van der Waals surface area contributed by atoms with Gasteiger partial charge in [-0.2, -0.15) is 0 Å². The van der Waals surface area contributed by atoms with E-state index in [1.54, 1.807) is 0 Å². The normalized spacial score (nSPS) is 34.6. The van der Waals surface area contributed by atoms with Crippen LogP contribution in [0.1, 0.15) is 40.0 Å². The van der Waals surface area contributed by atoms with Crippen LogP contribution >= 0.6 is 0 Å². The molecule has 0 bridgehead atoms. The van der Waals surface area contributed by atoms with Crippen molar-refractivity contribution in [3.05, 3.63) is 0 Å². The minimum atomic E-state index is -0.368. The van der Waals surface area contributed by atoms with E-state index < -0.39 is 0 Å². The van der Waals surface area contributed by atoms with E-state index in [-0.39, 0.29) is 17.3 Å². The Bertz CT molecular complexity index is 184. The molecular formula is C10H19O2+. The zero-order valence-electron chi connectivity index (χ0n) is 8.18. The second-order valence-electron chi connectivity index (χ2n) is 4.70. The first-order valence-corrected chi connectivity index (χ1v) is 4.70. The van der Waals surface area contributed by atoms with Crippen molar-refractivity contribution in [2.75, 3.05) is 0 Å². The Morgan fingerprint density at radius 3 is 2.42 bits per heavy atom. The average molecular weight is 171 g/mol. The summed E-state index contributed by atoms with van der Waals surface area (Å²) in [6.45, 7) is 6.32. The van der Waals surface area contributed by atoms with Crippen molar-refractivity contribution in [1.29, 1.82) is 0 Å². The topological polar surface area (TPSA) is 40.0 Å². The van der Waals surface area contributed by atoms with Gasteiger partial charge in [0.1, 0.15) is 5.92 Å². The number of hydrogen-bond donors (Lipinski definition) is 0. The van der Waals surface area contributed by atoms with Crippen molar-refractivity contribution >= 4 is 5.97 Å². The highest BCUT2D eigenvalue weighted by Gasteiger charge is 2.45. The molecule has 1 rings (SSSR count). The standard InChI is InChI=1S/C10H18O2/c1-7-5-4-6-10(2,3)8(7)9(11)12/h7-8H,4-6H2,1-3H3,(H,11,12)/p+1/t7-,8-/m0/s1. The molecule has 0 amide bonds. The summed E-state index contributed by atoms with van der Waals surface area (Å²) in [7, 11) is 0. The average Bonchev–Trinajstić information content (AvgIpc) is 1.82. The largest absolute Gasteiger partial charge is 0.565 e. The third-order valence-electron chi connectivity index (χ3n) is 3.17. The molecule has 1 aliphatic rings. The van der Waals surface area contributed by atoms with E-state index in [1.807, 2.05) is 0 Å². The summed E-state index contributed by atoms with van der Waals surface area (Å²) in [5.41, 5.74) is 0.0521. The fourth-order valence-electron chi connectivity index (χ4n) is 2.59. The molecule has 0 aromatic carbocycles. The van der Waals surface area contributed by atoms with Crippen molar-refractivity contribution < 1.29 is 9.90 Å². The van der Waals surface area contributed by atoms with Crippen LogP contribution in [-0.2, 0) is 4.79 Å². The molecule has 1 fully saturated rings. The van der Waals surface area contributed by atoms with Gasteiger partial charge in [-0.05, 0) is 24.2 Å². The summed E-state index contributed by atoms with van der Waals surface area (Å²) in [5.74, 6) is -0.00259. The fraction of sp³-hybridized carbons (Fsp3) is 0.900. The molecule has 0 unspecified atom stereocenters. The van der Waals surface area contributed by atoms with Crippen molar-refractivity contribution in [3.63, 3.8) is 0 Å². The van der Waals surface area contributed by atoms with Crippen molar-refractivity contribution in [1.82, 2.24) is 0 Å². The van der Waals surface area contributed by atoms with Gasteiger partial charge in [-0.3, -0.25) is 0 Å². The van der Waals surface area contributed by atoms with Gasteiger partial charge in [0.05, 0.1) is 0 Å². The van der Waals surface area contributed by atoms with Crippen LogP contribution in [0.2, 0.25) is 0 Å². The Kier molecular flexibility index (Phi) is 2.45. The maximum atomic E-state index is 11.1. The van der Waals surface area contributed by atoms with Crippen LogP contribution in [0.3, 0.4) is 0 Å². The molecule has 2 nitrogen and oxygen atoms in total. The van der Waals surface area contributed by atoms with E-state index in [1.165, 1.54) is 6.42 Å². The summed E-state index contributed by atoms with van der Waals surface area (Å²) in [6, 6.07) is 0. The van der Waals surface area contributed by atoms with E-state index in [0.29, 0.717) is 5.92 Å². The van der Waals surface area contributed by atoms with E-state index >= 15 is 0 Å². The fourth-order valence-corrected chi connectivity index (χ4v) is 2.59. The predicted octanol–water partition coefficient (Wildman–Crippen LogP) is 1.70. The first kappa shape index (κ1) is 9.56. The van der Waals surface area contributed by atoms with Gasteiger partial charge < -0.3 is 5.11 Å². The molecule has 70 valence electrons. The number of carbonyl (C=O) groups excluding carboxylic acids is 1. The molecule has 2 N–H and O–H groups in total. The first-order chi connectivity index (χ1) is 5.45. The summed E-state index contributed by atoms with van der Waals surface area (Å²) in [5, 5.41) is 7.22. The highest BCUT2D eigenvalue weighted by atomic mass is 16.4. The van der Waals surface area contributed by atoms with Crippen LogP contribution in [0.5, 0.6) is 0 Å². The highest BCUT2D eigenvalue weighted by molar-refractivity contribution is 5.71. The first-order valence-electron chi connectivity index (χ1n) is 4.70. The molecule has 0 spiro atoms. The Balaban J connectivity index is 2.81. The summed E-state index contributed by atoms with van der Waals surface area (Å²) < 4.78 is 0. The van der Waals surface area contributed by atoms with Crippen LogP contribution in [0, 0.1) is 17.3 Å². The maximum absolute atomic E-state index is 11.1. The lowest BCUT2D eigenvalue weighted by Gasteiger charge is -2.37. The van der Waals surface area contributed by atoms with Crippen LogP contribution in [0.25, 0.3) is 0 Å². The van der Waals surface area contributed by atoms with Gasteiger partial charge in [-0.1, -0.05) is 27.2 Å². The Morgan fingerprint density at radius 1 is 1.50 bits per heavy atom. The predicted molar refractivity (Wildman–Crippen MR) is 48.9 cm³/mol. The van der Waals surface area contributed by atoms with E-state index in [4.69, 9.17) is 5.11 Å². The molecule has 1 saturated carbocycles. The molecule has 0 saturated heterocycles. The molecule has 2 atom stereocenters. The number of rotatable bonds is 1. The highest BCUT2D eigenvalue weighted by Crippen LogP contribution is 2.43. The SMILES string of the molecule is C[C@H]1CCCC(C)(C)[C@@H]1C(=O)[OH2+]. The third-order valence-corrected chi connectivity index (χ3v) is 3.17. The van der Waals surface area contributed by atoms with E-state index in [9.17, 15) is 4.79 Å². The van der Waals surface area contributed by atoms with Crippen LogP contribution in [-0.4, -0.2) is 11.1 Å². The molecule has 0 aromatic heterocycles. The minimum absolute atomic E-state index is 0.0359. The zero-order chi connectivity index (χ0) is 9.35. The Labute approximate surface area is 74.0 Å². The van der Waals surface area contributed by atoms with E-state index in [0.717, 1.165) is 12.8 Å². The van der Waals surface area contributed by atoms with Crippen LogP contribution < -0.4 is 0 Å². The molecular weight excluding hydrogens is 152 g/mol. The Morgan fingerprint density at radius 2 is 2.08 bits per heavy atom. The van der Waals surface area contributed by atoms with Gasteiger partial charge in [0.15, 0.2) is 0 Å². The van der Waals surface area contributed by atoms with Gasteiger partial charge >= 0.3 is 5.97 Å². The number of carbonyl (C=O) groups is 1. The Hall–Kier alpha value is -0.530. The summed E-state index contributed by atoms with van der Waals surface area (Å²) >= 11 is 0. The third kappa shape index (κ3) is 1.62. The van der Waals surface area contributed by atoms with Gasteiger partial charge in [0.25, 0.3) is 0 Å².